The molecule has 2 rings (SSSR count). The smallest absolute Gasteiger partial charge is 0.215 e. The van der Waals surface area contributed by atoms with Crippen molar-refractivity contribution in [1.82, 2.24) is 4.31 Å². The van der Waals surface area contributed by atoms with Gasteiger partial charge in [-0.2, -0.15) is 4.31 Å². The topological polar surface area (TPSA) is 57.6 Å². The molecule has 0 bridgehead atoms. The first-order chi connectivity index (χ1) is 9.72. The van der Waals surface area contributed by atoms with Gasteiger partial charge < -0.3 is 5.11 Å². The van der Waals surface area contributed by atoms with Crippen LogP contribution in [0.25, 0.3) is 0 Å². The van der Waals surface area contributed by atoms with Crippen LogP contribution < -0.4 is 0 Å². The van der Waals surface area contributed by atoms with Crippen LogP contribution in [-0.4, -0.2) is 41.8 Å². The molecule has 0 spiro atoms. The fraction of sp³-hybridized carbons (Fsp3) is 0.625. The van der Waals surface area contributed by atoms with Crippen LogP contribution >= 0.6 is 0 Å². The van der Waals surface area contributed by atoms with E-state index in [2.05, 4.69) is 0 Å². The third-order valence-electron chi connectivity index (χ3n) is 4.21. The maximum absolute atomic E-state index is 12.7. The predicted molar refractivity (Wildman–Crippen MR) is 84.7 cm³/mol. The highest BCUT2D eigenvalue weighted by Gasteiger charge is 2.42. The van der Waals surface area contributed by atoms with Crippen LogP contribution in [0.1, 0.15) is 45.1 Å². The van der Waals surface area contributed by atoms with Crippen molar-refractivity contribution >= 4 is 10.0 Å². The highest BCUT2D eigenvalue weighted by atomic mass is 32.2. The lowest BCUT2D eigenvalue weighted by Crippen LogP contribution is -2.49. The second-order valence-corrected chi connectivity index (χ2v) is 8.48. The Balaban J connectivity index is 2.15. The van der Waals surface area contributed by atoms with Crippen LogP contribution in [-0.2, 0) is 10.0 Å². The SMILES string of the molecule is CC(CS(=O)(=O)N1CCCC1C(C)(C)O)c1ccccc1. The molecule has 4 nitrogen and oxygen atoms in total. The molecule has 2 unspecified atom stereocenters. The summed E-state index contributed by atoms with van der Waals surface area (Å²) in [5, 5.41) is 10.2. The molecule has 1 fully saturated rings. The molecule has 1 aromatic carbocycles. The fourth-order valence-corrected chi connectivity index (χ4v) is 5.24. The average Bonchev–Trinajstić information content (AvgIpc) is 2.89. The monoisotopic (exact) mass is 311 g/mol. The van der Waals surface area contributed by atoms with Gasteiger partial charge in [-0.1, -0.05) is 37.3 Å². The Morgan fingerprint density at radius 3 is 2.52 bits per heavy atom. The molecule has 0 radical (unpaired) electrons. The van der Waals surface area contributed by atoms with Crippen LogP contribution in [0, 0.1) is 0 Å². The number of aliphatic hydroxyl groups is 1. The molecular formula is C16H25NO3S. The number of hydrogen-bond donors (Lipinski definition) is 1. The van der Waals surface area contributed by atoms with Gasteiger partial charge in [0.25, 0.3) is 0 Å². The van der Waals surface area contributed by atoms with Gasteiger partial charge in [-0.3, -0.25) is 0 Å². The average molecular weight is 311 g/mol. The molecule has 5 heteroatoms. The summed E-state index contributed by atoms with van der Waals surface area (Å²) in [6.45, 7) is 5.82. The highest BCUT2D eigenvalue weighted by Crippen LogP contribution is 2.31. The van der Waals surface area contributed by atoms with Gasteiger partial charge >= 0.3 is 0 Å². The van der Waals surface area contributed by atoms with Gasteiger partial charge in [0.15, 0.2) is 0 Å². The van der Waals surface area contributed by atoms with E-state index >= 15 is 0 Å². The van der Waals surface area contributed by atoms with Crippen molar-refractivity contribution in [2.45, 2.75) is 51.2 Å². The second kappa shape index (κ2) is 6.07. The van der Waals surface area contributed by atoms with Gasteiger partial charge in [-0.15, -0.1) is 0 Å². The Hall–Kier alpha value is -0.910. The Kier molecular flexibility index (Phi) is 4.76. The van der Waals surface area contributed by atoms with Crippen molar-refractivity contribution in [1.29, 1.82) is 0 Å². The van der Waals surface area contributed by atoms with E-state index in [0.717, 1.165) is 18.4 Å². The Morgan fingerprint density at radius 2 is 1.95 bits per heavy atom. The minimum Gasteiger partial charge on any atom is -0.389 e. The van der Waals surface area contributed by atoms with Crippen molar-refractivity contribution in [3.05, 3.63) is 35.9 Å². The molecule has 1 heterocycles. The molecule has 2 atom stereocenters. The van der Waals surface area contributed by atoms with Gasteiger partial charge in [-0.05, 0) is 38.2 Å². The van der Waals surface area contributed by atoms with E-state index in [9.17, 15) is 13.5 Å². The molecule has 118 valence electrons. The van der Waals surface area contributed by atoms with Crippen LogP contribution in [0.2, 0.25) is 0 Å². The largest absolute Gasteiger partial charge is 0.389 e. The number of rotatable bonds is 5. The molecule has 1 aliphatic rings. The van der Waals surface area contributed by atoms with Gasteiger partial charge in [0.2, 0.25) is 10.0 Å². The van der Waals surface area contributed by atoms with E-state index in [1.807, 2.05) is 37.3 Å². The lowest BCUT2D eigenvalue weighted by atomic mass is 9.98. The molecule has 21 heavy (non-hydrogen) atoms. The lowest BCUT2D eigenvalue weighted by molar-refractivity contribution is 0.0215. The summed E-state index contributed by atoms with van der Waals surface area (Å²) in [4.78, 5) is 0. The normalized spacial score (nSPS) is 22.4. The molecule has 0 aliphatic carbocycles. The zero-order valence-electron chi connectivity index (χ0n) is 13.0. The molecule has 0 aromatic heterocycles. The van der Waals surface area contributed by atoms with Crippen molar-refractivity contribution in [3.63, 3.8) is 0 Å². The molecule has 1 saturated heterocycles. The number of benzene rings is 1. The first kappa shape index (κ1) is 16.5. The summed E-state index contributed by atoms with van der Waals surface area (Å²) in [5.41, 5.74) is 0.0274. The van der Waals surface area contributed by atoms with Crippen molar-refractivity contribution in [2.75, 3.05) is 12.3 Å². The quantitative estimate of drug-likeness (QED) is 0.908. The minimum atomic E-state index is -3.37. The molecule has 1 N–H and O–H groups in total. The van der Waals surface area contributed by atoms with E-state index in [4.69, 9.17) is 0 Å². The van der Waals surface area contributed by atoms with E-state index in [-0.39, 0.29) is 17.7 Å². The third kappa shape index (κ3) is 3.84. The lowest BCUT2D eigenvalue weighted by Gasteiger charge is -2.33. The first-order valence-corrected chi connectivity index (χ1v) is 9.09. The minimum absolute atomic E-state index is 0.0562. The Bertz CT molecular complexity index is 563. The maximum atomic E-state index is 12.7. The van der Waals surface area contributed by atoms with Crippen LogP contribution in [0.3, 0.4) is 0 Å². The summed E-state index contributed by atoms with van der Waals surface area (Å²) >= 11 is 0. The van der Waals surface area contributed by atoms with Crippen LogP contribution in [0.4, 0.5) is 0 Å². The fourth-order valence-electron chi connectivity index (χ4n) is 3.07. The molecule has 1 aromatic rings. The first-order valence-electron chi connectivity index (χ1n) is 7.48. The van der Waals surface area contributed by atoms with Gasteiger partial charge in [-0.25, -0.2) is 8.42 Å². The summed E-state index contributed by atoms with van der Waals surface area (Å²) < 4.78 is 26.9. The summed E-state index contributed by atoms with van der Waals surface area (Å²) in [7, 11) is -3.37. The van der Waals surface area contributed by atoms with E-state index in [1.54, 1.807) is 13.8 Å². The van der Waals surface area contributed by atoms with Gasteiger partial charge in [0.05, 0.1) is 17.4 Å². The Labute approximate surface area is 127 Å². The molecular weight excluding hydrogens is 286 g/mol. The number of sulfonamides is 1. The molecule has 1 aliphatic heterocycles. The van der Waals surface area contributed by atoms with Crippen LogP contribution in [0.5, 0.6) is 0 Å². The number of hydrogen-bond acceptors (Lipinski definition) is 3. The van der Waals surface area contributed by atoms with Crippen molar-refractivity contribution < 1.29 is 13.5 Å². The van der Waals surface area contributed by atoms with E-state index in [0.29, 0.717) is 6.54 Å². The zero-order chi connectivity index (χ0) is 15.7. The third-order valence-corrected chi connectivity index (χ3v) is 6.28. The van der Waals surface area contributed by atoms with E-state index < -0.39 is 15.6 Å². The molecule has 0 saturated carbocycles. The predicted octanol–water partition coefficient (Wildman–Crippen LogP) is 2.36. The Morgan fingerprint density at radius 1 is 1.33 bits per heavy atom. The summed E-state index contributed by atoms with van der Waals surface area (Å²) in [5.74, 6) is 0.0307. The second-order valence-electron chi connectivity index (χ2n) is 6.51. The highest BCUT2D eigenvalue weighted by molar-refractivity contribution is 7.89. The standard InChI is InChI=1S/C16H25NO3S/c1-13(14-8-5-4-6-9-14)12-21(19,20)17-11-7-10-15(17)16(2,3)18/h4-6,8-9,13,15,18H,7,10-12H2,1-3H3. The zero-order valence-corrected chi connectivity index (χ0v) is 13.8. The summed E-state index contributed by atoms with van der Waals surface area (Å²) in [6.07, 6.45) is 1.54. The van der Waals surface area contributed by atoms with Gasteiger partial charge in [0, 0.05) is 6.54 Å². The van der Waals surface area contributed by atoms with Gasteiger partial charge in [0.1, 0.15) is 0 Å². The van der Waals surface area contributed by atoms with Crippen LogP contribution in [0.15, 0.2) is 30.3 Å². The van der Waals surface area contributed by atoms with E-state index in [1.165, 1.54) is 4.31 Å². The maximum Gasteiger partial charge on any atom is 0.215 e. The molecule has 0 amide bonds. The van der Waals surface area contributed by atoms with Crippen molar-refractivity contribution in [3.8, 4) is 0 Å². The number of nitrogens with zero attached hydrogens (tertiary/aromatic N) is 1. The van der Waals surface area contributed by atoms with Crippen molar-refractivity contribution in [2.24, 2.45) is 0 Å². The summed E-state index contributed by atoms with van der Waals surface area (Å²) in [6, 6.07) is 9.37.